The highest BCUT2D eigenvalue weighted by Gasteiger charge is 2.26. The zero-order valence-electron chi connectivity index (χ0n) is 18.9. The summed E-state index contributed by atoms with van der Waals surface area (Å²) in [6, 6.07) is 14.5. The van der Waals surface area contributed by atoms with Crippen molar-refractivity contribution in [1.82, 2.24) is 29.4 Å². The Kier molecular flexibility index (Phi) is 5.92. The first-order valence-corrected chi connectivity index (χ1v) is 11.2. The molecule has 1 aliphatic rings. The van der Waals surface area contributed by atoms with E-state index in [0.717, 1.165) is 60.9 Å². The highest BCUT2D eigenvalue weighted by molar-refractivity contribution is 5.64. The van der Waals surface area contributed by atoms with Crippen molar-refractivity contribution in [3.05, 3.63) is 78.3 Å². The summed E-state index contributed by atoms with van der Waals surface area (Å²) in [6.45, 7) is 2.63. The van der Waals surface area contributed by atoms with Crippen LogP contribution in [0.25, 0.3) is 16.9 Å². The zero-order valence-corrected chi connectivity index (χ0v) is 18.9. The molecule has 7 nitrogen and oxygen atoms in total. The SMILES string of the molecule is COc1ccc(-c2nn(-c3ccccc3F)cc2CN2CCCC(c3nncn3C)C2)cc1. The molecule has 0 spiro atoms. The molecule has 5 rings (SSSR count). The van der Waals surface area contributed by atoms with Crippen LogP contribution in [-0.4, -0.2) is 49.6 Å². The summed E-state index contributed by atoms with van der Waals surface area (Å²) in [5.74, 6) is 1.86. The van der Waals surface area contributed by atoms with Gasteiger partial charge in [0.2, 0.25) is 0 Å². The monoisotopic (exact) mass is 446 g/mol. The number of halogens is 1. The smallest absolute Gasteiger partial charge is 0.148 e. The number of hydrogen-bond donors (Lipinski definition) is 0. The van der Waals surface area contributed by atoms with Gasteiger partial charge in [0.15, 0.2) is 0 Å². The van der Waals surface area contributed by atoms with Crippen LogP contribution in [0.1, 0.15) is 30.1 Å². The molecule has 1 fully saturated rings. The number of likely N-dealkylation sites (tertiary alicyclic amines) is 1. The second-order valence-corrected chi connectivity index (χ2v) is 8.50. The van der Waals surface area contributed by atoms with Crippen LogP contribution in [-0.2, 0) is 13.6 Å². The van der Waals surface area contributed by atoms with Crippen LogP contribution in [0.4, 0.5) is 4.39 Å². The number of benzene rings is 2. The first-order chi connectivity index (χ1) is 16.1. The van der Waals surface area contributed by atoms with Crippen molar-refractivity contribution in [2.75, 3.05) is 20.2 Å². The van der Waals surface area contributed by atoms with Gasteiger partial charge < -0.3 is 9.30 Å². The number of hydrogen-bond acceptors (Lipinski definition) is 5. The molecule has 1 atom stereocenters. The summed E-state index contributed by atoms with van der Waals surface area (Å²) in [6.07, 6.45) is 5.90. The van der Waals surface area contributed by atoms with Crippen LogP contribution in [0.5, 0.6) is 5.75 Å². The van der Waals surface area contributed by atoms with E-state index >= 15 is 0 Å². The van der Waals surface area contributed by atoms with Gasteiger partial charge in [-0.15, -0.1) is 10.2 Å². The minimum absolute atomic E-state index is 0.298. The van der Waals surface area contributed by atoms with Gasteiger partial charge in [-0.1, -0.05) is 12.1 Å². The molecule has 2 aromatic carbocycles. The summed E-state index contributed by atoms with van der Waals surface area (Å²) >= 11 is 0. The summed E-state index contributed by atoms with van der Waals surface area (Å²) in [7, 11) is 3.64. The topological polar surface area (TPSA) is 61.0 Å². The standard InChI is InChI=1S/C25H27FN6O/c1-30-17-27-28-25(30)19-6-5-13-31(14-19)15-20-16-32(23-8-4-3-7-22(23)26)29-24(20)18-9-11-21(33-2)12-10-18/h3-4,7-12,16-17,19H,5-6,13-15H2,1-2H3. The summed E-state index contributed by atoms with van der Waals surface area (Å²) in [5.41, 5.74) is 3.32. The Morgan fingerprint density at radius 2 is 1.94 bits per heavy atom. The molecule has 2 aromatic heterocycles. The van der Waals surface area contributed by atoms with Crippen molar-refractivity contribution < 1.29 is 9.13 Å². The molecule has 4 aromatic rings. The first-order valence-electron chi connectivity index (χ1n) is 11.2. The van der Waals surface area contributed by atoms with Crippen molar-refractivity contribution in [2.24, 2.45) is 7.05 Å². The van der Waals surface area contributed by atoms with Crippen molar-refractivity contribution in [2.45, 2.75) is 25.3 Å². The quantitative estimate of drug-likeness (QED) is 0.444. The fourth-order valence-electron chi connectivity index (χ4n) is 4.59. The molecule has 0 saturated carbocycles. The number of aromatic nitrogens is 5. The highest BCUT2D eigenvalue weighted by atomic mass is 19.1. The number of para-hydroxylation sites is 1. The predicted molar refractivity (Wildman–Crippen MR) is 124 cm³/mol. The molecule has 170 valence electrons. The average molecular weight is 447 g/mol. The molecule has 0 amide bonds. The zero-order chi connectivity index (χ0) is 22.8. The number of aryl methyl sites for hydroxylation is 1. The van der Waals surface area contributed by atoms with E-state index in [1.165, 1.54) is 6.07 Å². The van der Waals surface area contributed by atoms with Crippen molar-refractivity contribution >= 4 is 0 Å². The van der Waals surface area contributed by atoms with Crippen molar-refractivity contribution in [3.63, 3.8) is 0 Å². The van der Waals surface area contributed by atoms with Crippen LogP contribution in [0.2, 0.25) is 0 Å². The lowest BCUT2D eigenvalue weighted by Crippen LogP contribution is -2.34. The number of ether oxygens (including phenoxy) is 1. The molecule has 0 bridgehead atoms. The van der Waals surface area contributed by atoms with Crippen LogP contribution in [0, 0.1) is 5.82 Å². The van der Waals surface area contributed by atoms with E-state index < -0.39 is 0 Å². The Bertz CT molecular complexity index is 1230. The maximum atomic E-state index is 14.5. The lowest BCUT2D eigenvalue weighted by Gasteiger charge is -2.32. The summed E-state index contributed by atoms with van der Waals surface area (Å²) in [4.78, 5) is 2.43. The Balaban J connectivity index is 1.47. The van der Waals surface area contributed by atoms with Gasteiger partial charge in [0.25, 0.3) is 0 Å². The fraction of sp³-hybridized carbons (Fsp3) is 0.320. The molecule has 1 unspecified atom stereocenters. The minimum atomic E-state index is -0.298. The molecule has 8 heteroatoms. The molecule has 0 aliphatic carbocycles. The molecular weight excluding hydrogens is 419 g/mol. The van der Waals surface area contributed by atoms with Gasteiger partial charge in [0, 0.05) is 43.4 Å². The van der Waals surface area contributed by atoms with E-state index in [1.807, 2.05) is 48.1 Å². The number of rotatable bonds is 6. The average Bonchev–Trinajstić information content (AvgIpc) is 3.46. The maximum Gasteiger partial charge on any atom is 0.148 e. The third kappa shape index (κ3) is 4.39. The van der Waals surface area contributed by atoms with Gasteiger partial charge >= 0.3 is 0 Å². The normalized spacial score (nSPS) is 16.8. The lowest BCUT2D eigenvalue weighted by atomic mass is 9.96. The molecule has 1 aliphatic heterocycles. The van der Waals surface area contributed by atoms with Crippen molar-refractivity contribution in [3.8, 4) is 22.7 Å². The predicted octanol–water partition coefficient (Wildman–Crippen LogP) is 4.20. The van der Waals surface area contributed by atoms with Crippen molar-refractivity contribution in [1.29, 1.82) is 0 Å². The van der Waals surface area contributed by atoms with E-state index in [4.69, 9.17) is 9.84 Å². The van der Waals surface area contributed by atoms with Gasteiger partial charge in [0.05, 0.1) is 12.8 Å². The third-order valence-corrected chi connectivity index (χ3v) is 6.26. The molecule has 1 saturated heterocycles. The van der Waals surface area contributed by atoms with Gasteiger partial charge in [0.1, 0.15) is 29.4 Å². The highest BCUT2D eigenvalue weighted by Crippen LogP contribution is 2.30. The summed E-state index contributed by atoms with van der Waals surface area (Å²) < 4.78 is 23.5. The lowest BCUT2D eigenvalue weighted by molar-refractivity contribution is 0.195. The Morgan fingerprint density at radius 1 is 1.12 bits per heavy atom. The van der Waals surface area contributed by atoms with Crippen LogP contribution < -0.4 is 4.74 Å². The van der Waals surface area contributed by atoms with Crippen LogP contribution >= 0.6 is 0 Å². The molecular formula is C25H27FN6O. The Morgan fingerprint density at radius 3 is 2.67 bits per heavy atom. The summed E-state index contributed by atoms with van der Waals surface area (Å²) in [5, 5.41) is 13.2. The number of piperidine rings is 1. The number of nitrogens with zero attached hydrogens (tertiary/aromatic N) is 6. The number of methoxy groups -OCH3 is 1. The largest absolute Gasteiger partial charge is 0.497 e. The van der Waals surface area contributed by atoms with Gasteiger partial charge in [-0.3, -0.25) is 4.90 Å². The molecule has 33 heavy (non-hydrogen) atoms. The fourth-order valence-corrected chi connectivity index (χ4v) is 4.59. The first kappa shape index (κ1) is 21.3. The minimum Gasteiger partial charge on any atom is -0.497 e. The molecule has 0 radical (unpaired) electrons. The second-order valence-electron chi connectivity index (χ2n) is 8.50. The van der Waals surface area contributed by atoms with E-state index in [2.05, 4.69) is 15.1 Å². The third-order valence-electron chi connectivity index (χ3n) is 6.26. The molecule has 3 heterocycles. The maximum absolute atomic E-state index is 14.5. The van der Waals surface area contributed by atoms with Gasteiger partial charge in [-0.05, 0) is 55.8 Å². The second kappa shape index (κ2) is 9.15. The van der Waals surface area contributed by atoms with E-state index in [1.54, 1.807) is 30.3 Å². The van der Waals surface area contributed by atoms with Crippen LogP contribution in [0.3, 0.4) is 0 Å². The van der Waals surface area contributed by atoms with Crippen LogP contribution in [0.15, 0.2) is 61.1 Å². The van der Waals surface area contributed by atoms with Gasteiger partial charge in [-0.25, -0.2) is 9.07 Å². The van der Waals surface area contributed by atoms with Gasteiger partial charge in [-0.2, -0.15) is 5.10 Å². The van der Waals surface area contributed by atoms with E-state index in [0.29, 0.717) is 11.6 Å². The van der Waals surface area contributed by atoms with E-state index in [9.17, 15) is 4.39 Å². The van der Waals surface area contributed by atoms with E-state index in [-0.39, 0.29) is 5.82 Å². The Hall–Kier alpha value is -3.52. The molecule has 0 N–H and O–H groups in total. The Labute approximate surface area is 192 Å².